The summed E-state index contributed by atoms with van der Waals surface area (Å²) in [5.41, 5.74) is 3.86. The third-order valence-corrected chi connectivity index (χ3v) is 12.9. The maximum Gasteiger partial charge on any atom is 0.416 e. The minimum absolute atomic E-state index is 0.0547. The van der Waals surface area contributed by atoms with E-state index in [2.05, 4.69) is 24.8 Å². The Labute approximate surface area is 428 Å². The van der Waals surface area contributed by atoms with Crippen LogP contribution in [0.3, 0.4) is 0 Å². The van der Waals surface area contributed by atoms with Gasteiger partial charge in [0, 0.05) is 85.9 Å². The lowest BCUT2D eigenvalue weighted by atomic mass is 10.0. The summed E-state index contributed by atoms with van der Waals surface area (Å²) in [5.74, 6) is -1.71. The molecule has 0 radical (unpaired) electrons. The molecular formula is C54H63F3N6O9S. The number of amides is 3. The average molecular weight is 1030 g/mol. The molecule has 0 atom stereocenters. The van der Waals surface area contributed by atoms with Gasteiger partial charge in [-0.15, -0.1) is 0 Å². The number of benzene rings is 4. The van der Waals surface area contributed by atoms with Gasteiger partial charge < -0.3 is 44.5 Å². The Balaban J connectivity index is 0.849. The fourth-order valence-electron chi connectivity index (χ4n) is 7.86. The smallest absolute Gasteiger partial charge is 0.416 e. The van der Waals surface area contributed by atoms with E-state index in [1.165, 1.54) is 24.4 Å². The van der Waals surface area contributed by atoms with Crippen molar-refractivity contribution in [1.82, 2.24) is 19.5 Å². The fourth-order valence-corrected chi connectivity index (χ4v) is 8.76. The van der Waals surface area contributed by atoms with Gasteiger partial charge >= 0.3 is 12.1 Å². The van der Waals surface area contributed by atoms with Crippen molar-refractivity contribution in [3.05, 3.63) is 143 Å². The molecule has 3 amide bonds. The van der Waals surface area contributed by atoms with Crippen LogP contribution >= 0.6 is 11.9 Å². The van der Waals surface area contributed by atoms with E-state index in [0.29, 0.717) is 120 Å². The molecule has 1 aromatic heterocycles. The van der Waals surface area contributed by atoms with Crippen LogP contribution in [0.4, 0.5) is 24.5 Å². The summed E-state index contributed by atoms with van der Waals surface area (Å²) in [7, 11) is 0. The molecule has 1 fully saturated rings. The fraction of sp³-hybridized carbons (Fsp3) is 0.389. The number of nitrogens with one attached hydrogen (secondary N) is 2. The number of nitrogens with zero attached hydrogens (tertiary/aromatic N) is 4. The van der Waals surface area contributed by atoms with Crippen molar-refractivity contribution < 1.29 is 56.4 Å². The summed E-state index contributed by atoms with van der Waals surface area (Å²) in [6.45, 7) is 11.4. The summed E-state index contributed by atoms with van der Waals surface area (Å²) < 4.78 is 64.5. The van der Waals surface area contributed by atoms with E-state index in [1.54, 1.807) is 48.3 Å². The summed E-state index contributed by atoms with van der Waals surface area (Å²) in [4.78, 5) is 60.2. The Morgan fingerprint density at radius 2 is 1.34 bits per heavy atom. The van der Waals surface area contributed by atoms with Crippen LogP contribution in [0.15, 0.2) is 114 Å². The van der Waals surface area contributed by atoms with Crippen LogP contribution in [0.1, 0.15) is 74.5 Å². The Kier molecular flexibility index (Phi) is 22.1. The highest BCUT2D eigenvalue weighted by Gasteiger charge is 2.30. The molecule has 4 aromatic carbocycles. The number of carboxylic acids is 1. The maximum absolute atomic E-state index is 13.7. The highest BCUT2D eigenvalue weighted by molar-refractivity contribution is 7.97. The van der Waals surface area contributed by atoms with Gasteiger partial charge in [0.1, 0.15) is 0 Å². The molecule has 6 rings (SSSR count). The molecular weight excluding hydrogens is 966 g/mol. The second kappa shape index (κ2) is 28.8. The normalized spacial score (nSPS) is 12.9. The maximum atomic E-state index is 13.7. The molecule has 2 heterocycles. The first-order valence-electron chi connectivity index (χ1n) is 24.4. The van der Waals surface area contributed by atoms with Crippen molar-refractivity contribution >= 4 is 47.0 Å². The molecule has 0 saturated carbocycles. The molecule has 0 spiro atoms. The summed E-state index contributed by atoms with van der Waals surface area (Å²) >= 11 is 1.56. The molecule has 3 N–H and O–H groups in total. The number of alkyl halides is 3. The number of ether oxygens (including phenoxy) is 4. The van der Waals surface area contributed by atoms with Crippen molar-refractivity contribution in [2.75, 3.05) is 102 Å². The lowest BCUT2D eigenvalue weighted by Gasteiger charge is -2.34. The summed E-state index contributed by atoms with van der Waals surface area (Å²) in [6, 6.07) is 27.7. The molecule has 1 saturated heterocycles. The van der Waals surface area contributed by atoms with E-state index < -0.39 is 23.6 Å². The molecule has 1 aliphatic heterocycles. The van der Waals surface area contributed by atoms with Crippen LogP contribution in [-0.2, 0) is 42.9 Å². The standard InChI is InChI=1S/C54H63F3N6O9S/c1-3-61(4-2)45-15-18-48(47(37-45)49-36-43(19-21-58-49)51(65)59-38-40-9-6-12-44(35-40)54(55,56)57)60-52(66)42-11-5-8-39(34-42)10-7-26-69-28-30-71-32-33-72-31-29-70-27-20-50(64)62-22-24-63(25-23-62)73-46-16-13-41(14-17-46)53(67)68/h5-6,8-9,11-19,21,34-37H,3-4,7,10,20,22-33,38H2,1-2H3,(H,59,65)(H,60,66)(H,67,68). The Morgan fingerprint density at radius 3 is 2.01 bits per heavy atom. The first-order valence-corrected chi connectivity index (χ1v) is 25.1. The van der Waals surface area contributed by atoms with E-state index in [-0.39, 0.29) is 29.5 Å². The second-order valence-corrected chi connectivity index (χ2v) is 18.1. The quantitative estimate of drug-likeness (QED) is 0.0321. The van der Waals surface area contributed by atoms with Crippen LogP contribution in [-0.4, -0.2) is 135 Å². The molecule has 15 nitrogen and oxygen atoms in total. The molecule has 19 heteroatoms. The molecule has 0 bridgehead atoms. The van der Waals surface area contributed by atoms with Crippen LogP contribution in [0.2, 0.25) is 0 Å². The number of hydrogen-bond donors (Lipinski definition) is 3. The van der Waals surface area contributed by atoms with Gasteiger partial charge in [0.25, 0.3) is 11.8 Å². The predicted octanol–water partition coefficient (Wildman–Crippen LogP) is 8.73. The second-order valence-electron chi connectivity index (χ2n) is 16.9. The van der Waals surface area contributed by atoms with Crippen molar-refractivity contribution in [3.8, 4) is 11.3 Å². The van der Waals surface area contributed by atoms with E-state index in [1.807, 2.05) is 55.1 Å². The SMILES string of the molecule is CCN(CC)c1ccc(NC(=O)c2cccc(CCCOCCOCCOCCOCCC(=O)N3CCN(Sc4ccc(C(=O)O)cc4)CC3)c2)c(-c2cc(C(=O)NCc3cccc(C(F)(F)F)c3)ccn2)c1. The van der Waals surface area contributed by atoms with E-state index in [9.17, 15) is 32.3 Å². The van der Waals surface area contributed by atoms with E-state index >= 15 is 0 Å². The first kappa shape index (κ1) is 56.0. The van der Waals surface area contributed by atoms with Crippen LogP contribution in [0.25, 0.3) is 11.3 Å². The van der Waals surface area contributed by atoms with Gasteiger partial charge in [0.2, 0.25) is 5.91 Å². The van der Waals surface area contributed by atoms with E-state index in [4.69, 9.17) is 24.1 Å². The number of rotatable bonds is 28. The minimum atomic E-state index is -4.50. The van der Waals surface area contributed by atoms with Gasteiger partial charge in [-0.05, 0) is 129 Å². The van der Waals surface area contributed by atoms with Crippen molar-refractivity contribution in [2.24, 2.45) is 0 Å². The molecule has 5 aromatic rings. The third-order valence-electron chi connectivity index (χ3n) is 11.8. The summed E-state index contributed by atoms with van der Waals surface area (Å²) in [6.07, 6.45) is -1.29. The molecule has 73 heavy (non-hydrogen) atoms. The van der Waals surface area contributed by atoms with Crippen LogP contribution in [0.5, 0.6) is 0 Å². The topological polar surface area (TPSA) is 172 Å². The van der Waals surface area contributed by atoms with E-state index in [0.717, 1.165) is 47.8 Å². The minimum Gasteiger partial charge on any atom is -0.478 e. The van der Waals surface area contributed by atoms with Gasteiger partial charge in [-0.2, -0.15) is 13.2 Å². The highest BCUT2D eigenvalue weighted by Crippen LogP contribution is 2.33. The van der Waals surface area contributed by atoms with Gasteiger partial charge in [0.15, 0.2) is 0 Å². The van der Waals surface area contributed by atoms with Gasteiger partial charge in [-0.25, -0.2) is 9.10 Å². The number of hydrogen-bond acceptors (Lipinski definition) is 12. The molecule has 1 aliphatic rings. The number of carbonyl (C=O) groups is 4. The number of carboxylic acid groups (broad SMARTS) is 1. The number of aryl methyl sites for hydroxylation is 1. The third kappa shape index (κ3) is 18.0. The van der Waals surface area contributed by atoms with Crippen molar-refractivity contribution in [2.45, 2.75) is 50.7 Å². The highest BCUT2D eigenvalue weighted by atomic mass is 32.2. The average Bonchev–Trinajstić information content (AvgIpc) is 3.40. The van der Waals surface area contributed by atoms with Crippen LogP contribution in [0, 0.1) is 0 Å². The Morgan fingerprint density at radius 1 is 0.699 bits per heavy atom. The number of carbonyl (C=O) groups excluding carboxylic acids is 3. The molecule has 0 unspecified atom stereocenters. The van der Waals surface area contributed by atoms with Gasteiger partial charge in [-0.3, -0.25) is 19.4 Å². The zero-order valence-electron chi connectivity index (χ0n) is 41.2. The zero-order valence-corrected chi connectivity index (χ0v) is 42.0. The Hall–Kier alpha value is -6.35. The predicted molar refractivity (Wildman–Crippen MR) is 274 cm³/mol. The molecule has 390 valence electrons. The number of anilines is 2. The number of aromatic carboxylic acids is 1. The van der Waals surface area contributed by atoms with Crippen LogP contribution < -0.4 is 15.5 Å². The Bertz CT molecular complexity index is 2580. The van der Waals surface area contributed by atoms with Gasteiger partial charge in [-0.1, -0.05) is 24.3 Å². The van der Waals surface area contributed by atoms with Gasteiger partial charge in [0.05, 0.1) is 75.2 Å². The first-order chi connectivity index (χ1) is 35.3. The number of halogens is 3. The van der Waals surface area contributed by atoms with Crippen molar-refractivity contribution in [1.29, 1.82) is 0 Å². The largest absolute Gasteiger partial charge is 0.478 e. The number of aromatic nitrogens is 1. The summed E-state index contributed by atoms with van der Waals surface area (Å²) in [5, 5.41) is 14.8. The lowest BCUT2D eigenvalue weighted by molar-refractivity contribution is -0.137. The monoisotopic (exact) mass is 1030 g/mol. The zero-order chi connectivity index (χ0) is 52.0. The lowest BCUT2D eigenvalue weighted by Crippen LogP contribution is -2.46. The number of pyridine rings is 1. The number of piperazine rings is 1. The molecule has 0 aliphatic carbocycles. The van der Waals surface area contributed by atoms with Crippen molar-refractivity contribution in [3.63, 3.8) is 0 Å².